The summed E-state index contributed by atoms with van der Waals surface area (Å²) in [7, 11) is 0. The maximum atomic E-state index is 12.9. The maximum absolute atomic E-state index is 12.9. The molecule has 0 radical (unpaired) electrons. The van der Waals surface area contributed by atoms with Gasteiger partial charge in [-0.2, -0.15) is 13.2 Å². The Labute approximate surface area is 204 Å². The molecule has 4 rings (SSSR count). The van der Waals surface area contributed by atoms with Gasteiger partial charge in [0, 0.05) is 11.4 Å². The van der Waals surface area contributed by atoms with Crippen molar-refractivity contribution in [1.82, 2.24) is 14.8 Å². The number of ether oxygens (including phenoxy) is 1. The van der Waals surface area contributed by atoms with E-state index in [1.807, 2.05) is 61.5 Å². The fourth-order valence-electron chi connectivity index (χ4n) is 3.21. The van der Waals surface area contributed by atoms with E-state index in [4.69, 9.17) is 4.74 Å². The number of nitrogens with zero attached hydrogens (tertiary/aromatic N) is 3. The maximum Gasteiger partial charge on any atom is 0.416 e. The Hall–Kier alpha value is -3.79. The zero-order chi connectivity index (χ0) is 24.8. The molecule has 1 heterocycles. The molecule has 35 heavy (non-hydrogen) atoms. The van der Waals surface area contributed by atoms with Crippen LogP contribution in [0.5, 0.6) is 5.75 Å². The molecule has 0 aliphatic rings. The van der Waals surface area contributed by atoms with E-state index in [1.165, 1.54) is 12.1 Å². The zero-order valence-electron chi connectivity index (χ0n) is 18.6. The second kappa shape index (κ2) is 10.6. The third-order valence-corrected chi connectivity index (χ3v) is 5.84. The summed E-state index contributed by atoms with van der Waals surface area (Å²) in [6.07, 6.45) is -4.49. The summed E-state index contributed by atoms with van der Waals surface area (Å²) in [5.74, 6) is 0.694. The van der Waals surface area contributed by atoms with Gasteiger partial charge in [0.1, 0.15) is 12.4 Å². The second-order valence-corrected chi connectivity index (χ2v) is 8.53. The molecule has 0 aliphatic carbocycles. The van der Waals surface area contributed by atoms with Crippen molar-refractivity contribution in [3.05, 3.63) is 95.8 Å². The van der Waals surface area contributed by atoms with Crippen LogP contribution in [0.25, 0.3) is 5.69 Å². The number of aryl methyl sites for hydroxylation is 1. The van der Waals surface area contributed by atoms with Gasteiger partial charge < -0.3 is 10.1 Å². The number of amides is 1. The SMILES string of the molecule is Cc1ccc(OCc2nnc(SCC(=O)Nc3cccc(C(F)(F)F)c3)n2-c2ccccc2)cc1. The molecule has 0 aliphatic heterocycles. The van der Waals surface area contributed by atoms with E-state index in [-0.39, 0.29) is 18.0 Å². The van der Waals surface area contributed by atoms with Crippen LogP contribution < -0.4 is 10.1 Å². The van der Waals surface area contributed by atoms with Gasteiger partial charge in [-0.1, -0.05) is 53.7 Å². The van der Waals surface area contributed by atoms with E-state index >= 15 is 0 Å². The number of carbonyl (C=O) groups is 1. The van der Waals surface area contributed by atoms with Gasteiger partial charge in [0.05, 0.1) is 11.3 Å². The van der Waals surface area contributed by atoms with E-state index in [2.05, 4.69) is 15.5 Å². The number of aromatic nitrogens is 3. The van der Waals surface area contributed by atoms with Crippen LogP contribution in [0.15, 0.2) is 84.0 Å². The molecule has 4 aromatic rings. The largest absolute Gasteiger partial charge is 0.486 e. The lowest BCUT2D eigenvalue weighted by Gasteiger charge is -2.12. The molecule has 6 nitrogen and oxygen atoms in total. The Bertz CT molecular complexity index is 1290. The predicted octanol–water partition coefficient (Wildman–Crippen LogP) is 5.90. The van der Waals surface area contributed by atoms with Gasteiger partial charge in [0.2, 0.25) is 5.91 Å². The molecule has 1 amide bonds. The molecule has 0 saturated carbocycles. The normalized spacial score (nSPS) is 11.3. The fraction of sp³-hybridized carbons (Fsp3) is 0.160. The highest BCUT2D eigenvalue weighted by atomic mass is 32.2. The van der Waals surface area contributed by atoms with Crippen molar-refractivity contribution >= 4 is 23.4 Å². The number of hydrogen-bond acceptors (Lipinski definition) is 5. The number of alkyl halides is 3. The van der Waals surface area contributed by atoms with Crippen LogP contribution in [0.2, 0.25) is 0 Å². The lowest BCUT2D eigenvalue weighted by Crippen LogP contribution is -2.15. The molecule has 180 valence electrons. The summed E-state index contributed by atoms with van der Waals surface area (Å²) in [5.41, 5.74) is 1.15. The third-order valence-electron chi connectivity index (χ3n) is 4.91. The molecule has 10 heteroatoms. The molecule has 0 spiro atoms. The van der Waals surface area contributed by atoms with Gasteiger partial charge in [-0.3, -0.25) is 9.36 Å². The molecular formula is C25H21F3N4O2S. The average Bonchev–Trinajstić information content (AvgIpc) is 3.25. The zero-order valence-corrected chi connectivity index (χ0v) is 19.4. The third kappa shape index (κ3) is 6.42. The van der Waals surface area contributed by atoms with Gasteiger partial charge >= 0.3 is 6.18 Å². The highest BCUT2D eigenvalue weighted by molar-refractivity contribution is 7.99. The van der Waals surface area contributed by atoms with Gasteiger partial charge in [0.25, 0.3) is 0 Å². The summed E-state index contributed by atoms with van der Waals surface area (Å²) in [6.45, 7) is 2.14. The van der Waals surface area contributed by atoms with E-state index in [0.717, 1.165) is 35.1 Å². The molecule has 1 N–H and O–H groups in total. The van der Waals surface area contributed by atoms with E-state index < -0.39 is 17.6 Å². The smallest absolute Gasteiger partial charge is 0.416 e. The highest BCUT2D eigenvalue weighted by Gasteiger charge is 2.30. The van der Waals surface area contributed by atoms with Gasteiger partial charge in [-0.05, 0) is 49.4 Å². The minimum atomic E-state index is -4.49. The van der Waals surface area contributed by atoms with Crippen molar-refractivity contribution in [3.63, 3.8) is 0 Å². The summed E-state index contributed by atoms with van der Waals surface area (Å²) in [4.78, 5) is 12.4. The fourth-order valence-corrected chi connectivity index (χ4v) is 3.98. The van der Waals surface area contributed by atoms with Crippen LogP contribution in [-0.4, -0.2) is 26.4 Å². The van der Waals surface area contributed by atoms with E-state index in [1.54, 1.807) is 4.57 Å². The molecule has 0 unspecified atom stereocenters. The Balaban J connectivity index is 1.47. The van der Waals surface area contributed by atoms with Crippen LogP contribution in [0.1, 0.15) is 17.0 Å². The predicted molar refractivity (Wildman–Crippen MR) is 128 cm³/mol. The van der Waals surface area contributed by atoms with Crippen LogP contribution in [0, 0.1) is 6.92 Å². The minimum Gasteiger partial charge on any atom is -0.486 e. The first-order valence-electron chi connectivity index (χ1n) is 10.6. The van der Waals surface area contributed by atoms with Crippen LogP contribution in [0.4, 0.5) is 18.9 Å². The number of rotatable bonds is 8. The number of anilines is 1. The number of benzene rings is 3. The number of hydrogen-bond donors (Lipinski definition) is 1. The molecular weight excluding hydrogens is 477 g/mol. The lowest BCUT2D eigenvalue weighted by atomic mass is 10.2. The Kier molecular flexibility index (Phi) is 7.40. The highest BCUT2D eigenvalue weighted by Crippen LogP contribution is 2.31. The van der Waals surface area contributed by atoms with Crippen LogP contribution >= 0.6 is 11.8 Å². The van der Waals surface area contributed by atoms with Crippen molar-refractivity contribution in [2.24, 2.45) is 0 Å². The van der Waals surface area contributed by atoms with E-state index in [9.17, 15) is 18.0 Å². The monoisotopic (exact) mass is 498 g/mol. The average molecular weight is 499 g/mol. The van der Waals surface area contributed by atoms with Crippen molar-refractivity contribution in [3.8, 4) is 11.4 Å². The molecule has 1 aromatic heterocycles. The second-order valence-electron chi connectivity index (χ2n) is 7.59. The number of nitrogens with one attached hydrogen (secondary N) is 1. The molecule has 0 fully saturated rings. The summed E-state index contributed by atoms with van der Waals surface area (Å²) >= 11 is 1.12. The Morgan fingerprint density at radius 2 is 1.74 bits per heavy atom. The summed E-state index contributed by atoms with van der Waals surface area (Å²) in [6, 6.07) is 21.5. The van der Waals surface area contributed by atoms with Gasteiger partial charge in [-0.15, -0.1) is 10.2 Å². The van der Waals surface area contributed by atoms with Gasteiger partial charge in [0.15, 0.2) is 11.0 Å². The van der Waals surface area contributed by atoms with Crippen molar-refractivity contribution in [2.75, 3.05) is 11.1 Å². The minimum absolute atomic E-state index is 0.0694. The first kappa shape index (κ1) is 24.3. The van der Waals surface area contributed by atoms with Crippen LogP contribution in [-0.2, 0) is 17.6 Å². The van der Waals surface area contributed by atoms with E-state index in [0.29, 0.717) is 16.7 Å². The topological polar surface area (TPSA) is 69.0 Å². The van der Waals surface area contributed by atoms with Crippen molar-refractivity contribution < 1.29 is 22.7 Å². The molecule has 3 aromatic carbocycles. The standard InChI is InChI=1S/C25H21F3N4O2S/c1-17-10-12-21(13-11-17)34-15-22-30-31-24(32(22)20-8-3-2-4-9-20)35-16-23(33)29-19-7-5-6-18(14-19)25(26,27)28/h2-14H,15-16H2,1H3,(H,29,33). The van der Waals surface area contributed by atoms with Crippen molar-refractivity contribution in [2.45, 2.75) is 24.9 Å². The molecule has 0 atom stereocenters. The van der Waals surface area contributed by atoms with Crippen LogP contribution in [0.3, 0.4) is 0 Å². The number of thioether (sulfide) groups is 1. The first-order chi connectivity index (χ1) is 16.8. The number of halogens is 3. The first-order valence-corrected chi connectivity index (χ1v) is 11.6. The van der Waals surface area contributed by atoms with Gasteiger partial charge in [-0.25, -0.2) is 0 Å². The molecule has 0 saturated heterocycles. The summed E-state index contributed by atoms with van der Waals surface area (Å²) < 4.78 is 46.4. The quantitative estimate of drug-likeness (QED) is 0.306. The number of para-hydroxylation sites is 1. The molecule has 0 bridgehead atoms. The summed E-state index contributed by atoms with van der Waals surface area (Å²) in [5, 5.41) is 11.4. The number of carbonyl (C=O) groups excluding carboxylic acids is 1. The lowest BCUT2D eigenvalue weighted by molar-refractivity contribution is -0.137. The Morgan fingerprint density at radius 1 is 1.00 bits per heavy atom. The van der Waals surface area contributed by atoms with Crippen molar-refractivity contribution in [1.29, 1.82) is 0 Å². The Morgan fingerprint density at radius 3 is 2.46 bits per heavy atom.